The first-order chi connectivity index (χ1) is 22.6. The van der Waals surface area contributed by atoms with Crippen LogP contribution in [0.1, 0.15) is 22.4 Å². The van der Waals surface area contributed by atoms with Gasteiger partial charge in [-0.2, -0.15) is 0 Å². The van der Waals surface area contributed by atoms with Crippen LogP contribution >= 0.6 is 0 Å². The number of aromatic nitrogens is 3. The van der Waals surface area contributed by atoms with Crippen LogP contribution in [-0.2, 0) is 26.5 Å². The summed E-state index contributed by atoms with van der Waals surface area (Å²) in [5.41, 5.74) is 12.0. The van der Waals surface area contributed by atoms with E-state index < -0.39 is 0 Å². The van der Waals surface area contributed by atoms with Crippen LogP contribution < -0.4 is 0 Å². The van der Waals surface area contributed by atoms with Crippen molar-refractivity contribution in [1.82, 2.24) is 15.0 Å². The van der Waals surface area contributed by atoms with Gasteiger partial charge >= 0.3 is 0 Å². The molecule has 1 radical (unpaired) electrons. The summed E-state index contributed by atoms with van der Waals surface area (Å²) in [6.45, 7) is 4.15. The van der Waals surface area contributed by atoms with Crippen molar-refractivity contribution in [3.63, 3.8) is 0 Å². The zero-order valence-electron chi connectivity index (χ0n) is 26.1. The van der Waals surface area contributed by atoms with Crippen LogP contribution in [0.25, 0.3) is 55.7 Å². The van der Waals surface area contributed by atoms with Crippen LogP contribution in [0.15, 0.2) is 144 Å². The molecule has 0 N–H and O–H groups in total. The van der Waals surface area contributed by atoms with E-state index in [1.54, 1.807) is 0 Å². The molecule has 4 aromatic carbocycles. The fraction of sp³-hybridized carbons (Fsp3) is 0.0714. The second-order valence-corrected chi connectivity index (χ2v) is 11.3. The fourth-order valence-corrected chi connectivity index (χ4v) is 5.53. The monoisotopic (exact) mass is 786 g/mol. The van der Waals surface area contributed by atoms with Gasteiger partial charge in [-0.25, -0.2) is 4.98 Å². The predicted molar refractivity (Wildman–Crippen MR) is 186 cm³/mol. The molecule has 8 aromatic rings. The van der Waals surface area contributed by atoms with E-state index in [1.807, 2.05) is 73.9 Å². The van der Waals surface area contributed by atoms with Crippen LogP contribution in [0, 0.1) is 26.0 Å². The van der Waals surface area contributed by atoms with Crippen LogP contribution in [0.2, 0.25) is 0 Å². The minimum Gasteiger partial charge on any atom is -0.486 e. The van der Waals surface area contributed by atoms with E-state index in [4.69, 9.17) is 14.4 Å². The van der Waals surface area contributed by atoms with Gasteiger partial charge in [0.05, 0.1) is 5.58 Å². The third-order valence-corrected chi connectivity index (χ3v) is 7.96. The zero-order chi connectivity index (χ0) is 31.3. The maximum Gasteiger partial charge on any atom is 0.216 e. The van der Waals surface area contributed by atoms with Crippen molar-refractivity contribution >= 4 is 22.1 Å². The SMILES string of the molecule is Cc1ccc(-c2[c-]cccc2)nc1.Cc1ccccc1-c1ccc(-c2[c-]ccc3c2oc2nc(Cc4ccccc4)ccc23)nc1.[Ir]. The first-order valence-corrected chi connectivity index (χ1v) is 15.3. The summed E-state index contributed by atoms with van der Waals surface area (Å²) < 4.78 is 6.27. The first kappa shape index (κ1) is 31.7. The smallest absolute Gasteiger partial charge is 0.216 e. The van der Waals surface area contributed by atoms with Gasteiger partial charge < -0.3 is 14.4 Å². The van der Waals surface area contributed by atoms with Crippen LogP contribution in [-0.4, -0.2) is 15.0 Å². The van der Waals surface area contributed by atoms with E-state index >= 15 is 0 Å². The fourth-order valence-electron chi connectivity index (χ4n) is 5.53. The molecule has 47 heavy (non-hydrogen) atoms. The molecule has 0 atom stereocenters. The summed E-state index contributed by atoms with van der Waals surface area (Å²) in [7, 11) is 0. The molecule has 0 amide bonds. The molecule has 231 valence electrons. The van der Waals surface area contributed by atoms with Gasteiger partial charge in [0.15, 0.2) is 0 Å². The third kappa shape index (κ3) is 7.12. The second kappa shape index (κ2) is 14.5. The van der Waals surface area contributed by atoms with Gasteiger partial charge in [0.1, 0.15) is 0 Å². The van der Waals surface area contributed by atoms with Crippen LogP contribution in [0.5, 0.6) is 0 Å². The molecule has 0 saturated carbocycles. The number of fused-ring (bicyclic) bond motifs is 3. The second-order valence-electron chi connectivity index (χ2n) is 11.3. The summed E-state index contributed by atoms with van der Waals surface area (Å²) >= 11 is 0. The number of furan rings is 1. The largest absolute Gasteiger partial charge is 0.486 e. The number of hydrogen-bond acceptors (Lipinski definition) is 4. The zero-order valence-corrected chi connectivity index (χ0v) is 28.5. The van der Waals surface area contributed by atoms with Crippen LogP contribution in [0.3, 0.4) is 0 Å². The van der Waals surface area contributed by atoms with E-state index in [0.717, 1.165) is 56.5 Å². The van der Waals surface area contributed by atoms with E-state index in [2.05, 4.69) is 96.8 Å². The molecular weight excluding hydrogens is 755 g/mol. The van der Waals surface area contributed by atoms with Gasteiger partial charge in [-0.3, -0.25) is 0 Å². The molecule has 0 aliphatic heterocycles. The van der Waals surface area contributed by atoms with E-state index in [9.17, 15) is 0 Å². The van der Waals surface area contributed by atoms with Crippen molar-refractivity contribution < 1.29 is 24.5 Å². The van der Waals surface area contributed by atoms with Gasteiger partial charge in [-0.05, 0) is 65.2 Å². The molecular formula is C42H31IrN3O-2. The van der Waals surface area contributed by atoms with Crippen molar-refractivity contribution in [3.8, 4) is 33.6 Å². The summed E-state index contributed by atoms with van der Waals surface area (Å²) in [6.07, 6.45) is 4.56. The van der Waals surface area contributed by atoms with Crippen molar-refractivity contribution in [2.75, 3.05) is 0 Å². The van der Waals surface area contributed by atoms with Crippen LogP contribution in [0.4, 0.5) is 0 Å². The maximum atomic E-state index is 6.27. The Bertz CT molecular complexity index is 2230. The summed E-state index contributed by atoms with van der Waals surface area (Å²) in [5.74, 6) is 0. The molecule has 0 bridgehead atoms. The van der Waals surface area contributed by atoms with Gasteiger partial charge in [-0.1, -0.05) is 89.8 Å². The Labute approximate surface area is 288 Å². The molecule has 4 heterocycles. The molecule has 8 rings (SSSR count). The van der Waals surface area contributed by atoms with Crippen molar-refractivity contribution in [2.24, 2.45) is 0 Å². The minimum absolute atomic E-state index is 0. The Kier molecular flexibility index (Phi) is 9.77. The molecule has 0 fully saturated rings. The molecule has 0 aliphatic carbocycles. The van der Waals surface area contributed by atoms with E-state index in [-0.39, 0.29) is 20.1 Å². The number of nitrogens with zero attached hydrogens (tertiary/aromatic N) is 3. The van der Waals surface area contributed by atoms with Crippen molar-refractivity contribution in [1.29, 1.82) is 0 Å². The van der Waals surface area contributed by atoms with Crippen molar-refractivity contribution in [3.05, 3.63) is 174 Å². The minimum atomic E-state index is 0. The summed E-state index contributed by atoms with van der Waals surface area (Å²) in [5, 5.41) is 2.04. The molecule has 0 unspecified atom stereocenters. The quantitative estimate of drug-likeness (QED) is 0.163. The normalized spacial score (nSPS) is 10.7. The Morgan fingerprint density at radius 3 is 2.17 bits per heavy atom. The Morgan fingerprint density at radius 2 is 1.43 bits per heavy atom. The molecule has 0 aliphatic rings. The molecule has 0 spiro atoms. The average molecular weight is 786 g/mol. The van der Waals surface area contributed by atoms with Gasteiger partial charge in [0.2, 0.25) is 5.71 Å². The number of aryl methyl sites for hydroxylation is 2. The molecule has 5 heteroatoms. The number of rotatable bonds is 5. The number of benzene rings is 4. The Hall–Kier alpha value is -5.22. The van der Waals surface area contributed by atoms with Crippen molar-refractivity contribution in [2.45, 2.75) is 20.3 Å². The standard InChI is InChI=1S/C30H21N2O.C12H10N.Ir/c1-20-8-5-6-11-24(20)22-14-17-28(31-19-22)27-13-7-12-25-26-16-15-23(32-30(26)33-29(25)27)18-21-9-3-2-4-10-21;1-10-7-8-12(13-9-10)11-5-3-2-4-6-11;/h2-12,14-17,19H,18H2,1H3;2-5,7-9H,1H3;/q2*-1;. The van der Waals surface area contributed by atoms with Gasteiger partial charge in [0.25, 0.3) is 0 Å². The van der Waals surface area contributed by atoms with E-state index in [1.165, 1.54) is 22.3 Å². The number of hydrogen-bond donors (Lipinski definition) is 0. The molecule has 4 nitrogen and oxygen atoms in total. The summed E-state index contributed by atoms with van der Waals surface area (Å²) in [4.78, 5) is 13.9. The van der Waals surface area contributed by atoms with E-state index in [0.29, 0.717) is 5.71 Å². The summed E-state index contributed by atoms with van der Waals surface area (Å²) in [6, 6.07) is 49.4. The maximum absolute atomic E-state index is 6.27. The first-order valence-electron chi connectivity index (χ1n) is 15.3. The van der Waals surface area contributed by atoms with Gasteiger partial charge in [0, 0.05) is 50.0 Å². The predicted octanol–water partition coefficient (Wildman–Crippen LogP) is 10.3. The third-order valence-electron chi connectivity index (χ3n) is 7.96. The number of pyridine rings is 3. The Morgan fingerprint density at radius 1 is 0.638 bits per heavy atom. The molecule has 0 saturated heterocycles. The Balaban J connectivity index is 0.000000232. The topological polar surface area (TPSA) is 51.8 Å². The van der Waals surface area contributed by atoms with Gasteiger partial charge in [-0.15, -0.1) is 54.1 Å². The molecule has 4 aromatic heterocycles. The average Bonchev–Trinajstić information content (AvgIpc) is 3.48.